The van der Waals surface area contributed by atoms with E-state index in [1.165, 1.54) is 5.06 Å². The third-order valence-electron chi connectivity index (χ3n) is 1.31. The van der Waals surface area contributed by atoms with Gasteiger partial charge in [-0.05, 0) is 12.8 Å². The molecule has 0 unspecified atom stereocenters. The van der Waals surface area contributed by atoms with Crippen LogP contribution < -0.4 is 0 Å². The maximum atomic E-state index is 10.9. The van der Waals surface area contributed by atoms with Crippen molar-refractivity contribution in [2.24, 2.45) is 0 Å². The first-order chi connectivity index (χ1) is 6.02. The monoisotopic (exact) mass is 189 g/mol. The quantitative estimate of drug-likeness (QED) is 0.491. The van der Waals surface area contributed by atoms with Gasteiger partial charge in [0.1, 0.15) is 0 Å². The van der Waals surface area contributed by atoms with Crippen molar-refractivity contribution in [2.75, 3.05) is 14.1 Å². The highest BCUT2D eigenvalue weighted by atomic mass is 16.7. The molecule has 0 atom stereocenters. The van der Waals surface area contributed by atoms with E-state index in [1.807, 2.05) is 0 Å². The number of aliphatic carboxylic acids is 1. The molecule has 0 radical (unpaired) electrons. The molecule has 76 valence electrons. The van der Waals surface area contributed by atoms with Gasteiger partial charge in [-0.3, -0.25) is 9.59 Å². The van der Waals surface area contributed by atoms with Gasteiger partial charge in [-0.25, -0.2) is 0 Å². The molecule has 0 bridgehead atoms. The number of carboxylic acid groups (broad SMARTS) is 1. The molecule has 0 fully saturated rings. The van der Waals surface area contributed by atoms with Crippen LogP contribution in [0, 0.1) is 0 Å². The van der Waals surface area contributed by atoms with Gasteiger partial charge in [-0.1, -0.05) is 0 Å². The van der Waals surface area contributed by atoms with Gasteiger partial charge in [0, 0.05) is 26.9 Å². The largest absolute Gasteiger partial charge is 0.481 e. The summed E-state index contributed by atoms with van der Waals surface area (Å²) in [5.74, 6) is -1.16. The van der Waals surface area contributed by atoms with E-state index < -0.39 is 5.97 Å². The third kappa shape index (κ3) is 8.81. The summed E-state index contributed by atoms with van der Waals surface area (Å²) in [6.07, 6.45) is 1.44. The maximum Gasteiger partial charge on any atom is 0.325 e. The van der Waals surface area contributed by atoms with Crippen LogP contribution in [0.15, 0.2) is 0 Å². The SMILES string of the molecule is CN(C)OC(=O)CCCCC(=O)O. The molecule has 0 spiro atoms. The van der Waals surface area contributed by atoms with Gasteiger partial charge in [-0.15, -0.1) is 5.06 Å². The van der Waals surface area contributed by atoms with Crippen LogP contribution in [-0.4, -0.2) is 36.2 Å². The molecule has 0 heterocycles. The summed E-state index contributed by atoms with van der Waals surface area (Å²) in [6, 6.07) is 0. The average Bonchev–Trinajstić information content (AvgIpc) is 1.96. The van der Waals surface area contributed by atoms with E-state index in [2.05, 4.69) is 0 Å². The first-order valence-electron chi connectivity index (χ1n) is 4.12. The zero-order valence-electron chi connectivity index (χ0n) is 7.95. The van der Waals surface area contributed by atoms with E-state index in [1.54, 1.807) is 14.1 Å². The molecule has 5 heteroatoms. The van der Waals surface area contributed by atoms with Crippen molar-refractivity contribution in [3.63, 3.8) is 0 Å². The fourth-order valence-electron chi connectivity index (χ4n) is 0.795. The zero-order chi connectivity index (χ0) is 10.3. The predicted molar refractivity (Wildman–Crippen MR) is 45.9 cm³/mol. The lowest BCUT2D eigenvalue weighted by Crippen LogP contribution is -2.18. The van der Waals surface area contributed by atoms with Crippen LogP contribution in [0.3, 0.4) is 0 Å². The number of hydroxylamine groups is 2. The molecule has 0 amide bonds. The summed E-state index contributed by atoms with van der Waals surface area (Å²) in [7, 11) is 3.24. The van der Waals surface area contributed by atoms with Gasteiger partial charge >= 0.3 is 11.9 Å². The summed E-state index contributed by atoms with van der Waals surface area (Å²) in [6.45, 7) is 0. The molecule has 0 saturated carbocycles. The molecule has 0 aromatic carbocycles. The molecule has 0 aliphatic carbocycles. The highest BCUT2D eigenvalue weighted by Gasteiger charge is 2.04. The smallest absolute Gasteiger partial charge is 0.325 e. The Labute approximate surface area is 77.2 Å². The highest BCUT2D eigenvalue weighted by molar-refractivity contribution is 5.69. The fraction of sp³-hybridized carbons (Fsp3) is 0.750. The summed E-state index contributed by atoms with van der Waals surface area (Å²) in [5, 5.41) is 9.62. The second kappa shape index (κ2) is 6.42. The minimum Gasteiger partial charge on any atom is -0.481 e. The van der Waals surface area contributed by atoms with Crippen molar-refractivity contribution in [1.82, 2.24) is 5.06 Å². The molecular weight excluding hydrogens is 174 g/mol. The van der Waals surface area contributed by atoms with Crippen molar-refractivity contribution in [1.29, 1.82) is 0 Å². The molecular formula is C8H15NO4. The van der Waals surface area contributed by atoms with E-state index in [9.17, 15) is 9.59 Å². The van der Waals surface area contributed by atoms with Crippen LogP contribution in [0.1, 0.15) is 25.7 Å². The Bertz CT molecular complexity index is 179. The number of carbonyl (C=O) groups excluding carboxylic acids is 1. The molecule has 1 N–H and O–H groups in total. The van der Waals surface area contributed by atoms with Gasteiger partial charge in [0.2, 0.25) is 0 Å². The van der Waals surface area contributed by atoms with Crippen LogP contribution in [-0.2, 0) is 14.4 Å². The summed E-state index contributed by atoms with van der Waals surface area (Å²) >= 11 is 0. The Morgan fingerprint density at radius 1 is 1.23 bits per heavy atom. The molecule has 0 rings (SSSR count). The highest BCUT2D eigenvalue weighted by Crippen LogP contribution is 2.01. The molecule has 5 nitrogen and oxygen atoms in total. The summed E-state index contributed by atoms with van der Waals surface area (Å²) < 4.78 is 0. The number of hydrogen-bond acceptors (Lipinski definition) is 4. The van der Waals surface area contributed by atoms with Crippen molar-refractivity contribution in [3.05, 3.63) is 0 Å². The number of carboxylic acids is 1. The van der Waals surface area contributed by atoms with Crippen molar-refractivity contribution in [3.8, 4) is 0 Å². The Balaban J connectivity index is 3.32. The zero-order valence-corrected chi connectivity index (χ0v) is 7.95. The van der Waals surface area contributed by atoms with E-state index in [4.69, 9.17) is 9.94 Å². The minimum absolute atomic E-state index is 0.106. The second-order valence-electron chi connectivity index (χ2n) is 2.88. The van der Waals surface area contributed by atoms with Crippen LogP contribution in [0.2, 0.25) is 0 Å². The Hall–Kier alpha value is -1.10. The lowest BCUT2D eigenvalue weighted by molar-refractivity contribution is -0.178. The first-order valence-corrected chi connectivity index (χ1v) is 4.12. The Morgan fingerprint density at radius 3 is 2.23 bits per heavy atom. The predicted octanol–water partition coefficient (Wildman–Crippen LogP) is 0.651. The third-order valence-corrected chi connectivity index (χ3v) is 1.31. The molecule has 0 aliphatic rings. The van der Waals surface area contributed by atoms with Crippen LogP contribution >= 0.6 is 0 Å². The lowest BCUT2D eigenvalue weighted by atomic mass is 10.2. The standard InChI is InChI=1S/C8H15NO4/c1-9(2)13-8(12)6-4-3-5-7(10)11/h3-6H2,1-2H3,(H,10,11). The van der Waals surface area contributed by atoms with E-state index in [0.29, 0.717) is 12.8 Å². The number of carbonyl (C=O) groups is 2. The summed E-state index contributed by atoms with van der Waals surface area (Å²) in [5.41, 5.74) is 0. The second-order valence-corrected chi connectivity index (χ2v) is 2.88. The van der Waals surface area contributed by atoms with Crippen molar-refractivity contribution < 1.29 is 19.5 Å². The minimum atomic E-state index is -0.832. The van der Waals surface area contributed by atoms with Gasteiger partial charge in [0.05, 0.1) is 0 Å². The Morgan fingerprint density at radius 2 is 1.77 bits per heavy atom. The van der Waals surface area contributed by atoms with E-state index in [-0.39, 0.29) is 18.8 Å². The van der Waals surface area contributed by atoms with Gasteiger partial charge in [0.15, 0.2) is 0 Å². The van der Waals surface area contributed by atoms with Gasteiger partial charge in [-0.2, -0.15) is 0 Å². The Kier molecular flexibility index (Phi) is 5.88. The van der Waals surface area contributed by atoms with Crippen LogP contribution in [0.4, 0.5) is 0 Å². The molecule has 0 saturated heterocycles. The molecule has 13 heavy (non-hydrogen) atoms. The van der Waals surface area contributed by atoms with Gasteiger partial charge in [0.25, 0.3) is 0 Å². The number of nitrogens with zero attached hydrogens (tertiary/aromatic N) is 1. The lowest BCUT2D eigenvalue weighted by Gasteiger charge is -2.09. The van der Waals surface area contributed by atoms with Gasteiger partial charge < -0.3 is 9.94 Å². The molecule has 0 aromatic heterocycles. The fourth-order valence-corrected chi connectivity index (χ4v) is 0.795. The van der Waals surface area contributed by atoms with Crippen molar-refractivity contribution in [2.45, 2.75) is 25.7 Å². The maximum absolute atomic E-state index is 10.9. The normalized spacial score (nSPS) is 10.1. The van der Waals surface area contributed by atoms with Crippen molar-refractivity contribution >= 4 is 11.9 Å². The molecule has 0 aromatic rings. The van der Waals surface area contributed by atoms with E-state index in [0.717, 1.165) is 0 Å². The summed E-state index contributed by atoms with van der Waals surface area (Å²) in [4.78, 5) is 25.7. The van der Waals surface area contributed by atoms with Crippen LogP contribution in [0.25, 0.3) is 0 Å². The topological polar surface area (TPSA) is 66.8 Å². The first kappa shape index (κ1) is 11.9. The molecule has 0 aliphatic heterocycles. The average molecular weight is 189 g/mol. The number of hydrogen-bond donors (Lipinski definition) is 1. The number of rotatable bonds is 6. The van der Waals surface area contributed by atoms with Crippen LogP contribution in [0.5, 0.6) is 0 Å². The number of unbranched alkanes of at least 4 members (excludes halogenated alkanes) is 1. The van der Waals surface area contributed by atoms with E-state index >= 15 is 0 Å².